The van der Waals surface area contributed by atoms with Crippen LogP contribution in [0.2, 0.25) is 0 Å². The van der Waals surface area contributed by atoms with Crippen molar-refractivity contribution >= 4 is 17.3 Å². The number of allylic oxidation sites excluding steroid dienone is 1. The summed E-state index contributed by atoms with van der Waals surface area (Å²) >= 11 is 0. The SMILES string of the molecule is CCc1ccc(C2NC(=O)N(c3ccc4c(c3)CCC4)C(C)=C2c2nc(-c3cccc(C)c3)no2)cc1. The number of fused-ring (bicyclic) bond motifs is 1. The number of nitrogens with one attached hydrogen (secondary N) is 1. The summed E-state index contributed by atoms with van der Waals surface area (Å²) in [4.78, 5) is 20.1. The predicted octanol–water partition coefficient (Wildman–Crippen LogP) is 6.80. The van der Waals surface area contributed by atoms with Crippen LogP contribution in [0.4, 0.5) is 10.5 Å². The first-order valence-corrected chi connectivity index (χ1v) is 12.9. The molecule has 0 saturated carbocycles. The monoisotopic (exact) mass is 490 g/mol. The van der Waals surface area contributed by atoms with E-state index in [0.717, 1.165) is 59.3 Å². The van der Waals surface area contributed by atoms with Gasteiger partial charge in [0.1, 0.15) is 0 Å². The van der Waals surface area contributed by atoms with Crippen LogP contribution in [0.25, 0.3) is 17.0 Å². The van der Waals surface area contributed by atoms with Gasteiger partial charge in [0, 0.05) is 11.3 Å². The van der Waals surface area contributed by atoms with Crippen molar-refractivity contribution in [1.82, 2.24) is 15.5 Å². The molecule has 1 unspecified atom stereocenters. The smallest absolute Gasteiger partial charge is 0.326 e. The molecular formula is C31H30N4O2. The number of rotatable bonds is 5. The van der Waals surface area contributed by atoms with Crippen molar-refractivity contribution in [3.05, 3.63) is 106 Å². The quantitative estimate of drug-likeness (QED) is 0.334. The Hall–Kier alpha value is -4.19. The van der Waals surface area contributed by atoms with Gasteiger partial charge in [0.05, 0.1) is 17.3 Å². The fourth-order valence-corrected chi connectivity index (χ4v) is 5.46. The third kappa shape index (κ3) is 4.22. The zero-order valence-corrected chi connectivity index (χ0v) is 21.4. The number of carbonyl (C=O) groups is 1. The van der Waals surface area contributed by atoms with Crippen molar-refractivity contribution in [2.24, 2.45) is 0 Å². The van der Waals surface area contributed by atoms with Gasteiger partial charge in [0.15, 0.2) is 0 Å². The molecule has 1 aliphatic carbocycles. The molecule has 1 aliphatic heterocycles. The molecular weight excluding hydrogens is 460 g/mol. The van der Waals surface area contributed by atoms with Crippen LogP contribution in [-0.4, -0.2) is 16.2 Å². The third-order valence-corrected chi connectivity index (χ3v) is 7.48. The molecule has 2 heterocycles. The van der Waals surface area contributed by atoms with Crippen LogP contribution in [0, 0.1) is 6.92 Å². The number of hydrogen-bond acceptors (Lipinski definition) is 4. The Morgan fingerprint density at radius 1 is 1.00 bits per heavy atom. The lowest BCUT2D eigenvalue weighted by molar-refractivity contribution is 0.244. The lowest BCUT2D eigenvalue weighted by Gasteiger charge is -2.35. The molecule has 1 aromatic heterocycles. The molecule has 186 valence electrons. The molecule has 2 aliphatic rings. The molecule has 0 fully saturated rings. The molecule has 0 bridgehead atoms. The van der Waals surface area contributed by atoms with Crippen molar-refractivity contribution in [2.45, 2.75) is 52.5 Å². The number of carbonyl (C=O) groups excluding carboxylic acids is 1. The lowest BCUT2D eigenvalue weighted by Crippen LogP contribution is -2.46. The fraction of sp³-hybridized carbons (Fsp3) is 0.258. The van der Waals surface area contributed by atoms with Gasteiger partial charge in [-0.25, -0.2) is 4.79 Å². The van der Waals surface area contributed by atoms with Gasteiger partial charge >= 0.3 is 6.03 Å². The van der Waals surface area contributed by atoms with Crippen molar-refractivity contribution in [3.8, 4) is 11.4 Å². The van der Waals surface area contributed by atoms with E-state index in [1.54, 1.807) is 4.90 Å². The summed E-state index contributed by atoms with van der Waals surface area (Å²) in [5, 5.41) is 7.53. The highest BCUT2D eigenvalue weighted by molar-refractivity contribution is 6.01. The Morgan fingerprint density at radius 2 is 1.81 bits per heavy atom. The van der Waals surface area contributed by atoms with Crippen LogP contribution in [0.5, 0.6) is 0 Å². The maximum absolute atomic E-state index is 13.6. The number of amides is 2. The van der Waals surface area contributed by atoms with Gasteiger partial charge < -0.3 is 9.84 Å². The van der Waals surface area contributed by atoms with Gasteiger partial charge in [-0.1, -0.05) is 66.2 Å². The highest BCUT2D eigenvalue weighted by Crippen LogP contribution is 2.40. The summed E-state index contributed by atoms with van der Waals surface area (Å²) in [6.07, 6.45) is 4.25. The van der Waals surface area contributed by atoms with Crippen LogP contribution >= 0.6 is 0 Å². The Balaban J connectivity index is 1.48. The minimum Gasteiger partial charge on any atom is -0.334 e. The highest BCUT2D eigenvalue weighted by atomic mass is 16.5. The zero-order chi connectivity index (χ0) is 25.5. The number of aryl methyl sites for hydroxylation is 4. The van der Waals surface area contributed by atoms with E-state index in [4.69, 9.17) is 9.51 Å². The second kappa shape index (κ2) is 9.36. The van der Waals surface area contributed by atoms with E-state index < -0.39 is 6.04 Å². The van der Waals surface area contributed by atoms with Crippen LogP contribution < -0.4 is 10.2 Å². The van der Waals surface area contributed by atoms with Gasteiger partial charge in [-0.15, -0.1) is 0 Å². The second-order valence-corrected chi connectivity index (χ2v) is 9.91. The average molecular weight is 491 g/mol. The molecule has 37 heavy (non-hydrogen) atoms. The van der Waals surface area contributed by atoms with Crippen LogP contribution in [0.1, 0.15) is 60.0 Å². The summed E-state index contributed by atoms with van der Waals surface area (Å²) in [6, 6.07) is 22.1. The molecule has 0 spiro atoms. The highest BCUT2D eigenvalue weighted by Gasteiger charge is 2.36. The largest absolute Gasteiger partial charge is 0.334 e. The molecule has 2 amide bonds. The molecule has 6 rings (SSSR count). The van der Waals surface area contributed by atoms with E-state index in [0.29, 0.717) is 11.7 Å². The number of nitrogens with zero attached hydrogens (tertiary/aromatic N) is 3. The zero-order valence-electron chi connectivity index (χ0n) is 21.4. The summed E-state index contributed by atoms with van der Waals surface area (Å²) in [5.74, 6) is 0.935. The minimum atomic E-state index is -0.408. The number of anilines is 1. The first-order valence-electron chi connectivity index (χ1n) is 12.9. The van der Waals surface area contributed by atoms with E-state index in [1.165, 1.54) is 16.7 Å². The summed E-state index contributed by atoms with van der Waals surface area (Å²) < 4.78 is 5.86. The fourth-order valence-electron chi connectivity index (χ4n) is 5.46. The molecule has 3 aromatic carbocycles. The van der Waals surface area contributed by atoms with E-state index in [-0.39, 0.29) is 6.03 Å². The van der Waals surface area contributed by atoms with Gasteiger partial charge in [0.2, 0.25) is 5.82 Å². The molecule has 0 radical (unpaired) electrons. The standard InChI is InChI=1S/C31H30N4O2/c1-4-21-11-13-23(14-12-21)28-27(30-33-29(34-37-30)25-10-5-7-19(2)17-25)20(3)35(31(36)32-28)26-16-15-22-8-6-9-24(22)18-26/h5,7,10-18,28H,4,6,8-9H2,1-3H3,(H,32,36). The van der Waals surface area contributed by atoms with E-state index in [2.05, 4.69) is 53.8 Å². The number of urea groups is 1. The first-order chi connectivity index (χ1) is 18.0. The van der Waals surface area contributed by atoms with Crippen molar-refractivity contribution < 1.29 is 9.32 Å². The molecule has 1 N–H and O–H groups in total. The average Bonchev–Trinajstić information content (AvgIpc) is 3.58. The normalized spacial score (nSPS) is 17.2. The predicted molar refractivity (Wildman–Crippen MR) is 145 cm³/mol. The molecule has 1 atom stereocenters. The Labute approximate surface area is 217 Å². The molecule has 4 aromatic rings. The second-order valence-electron chi connectivity index (χ2n) is 9.91. The topological polar surface area (TPSA) is 71.3 Å². The Bertz CT molecular complexity index is 1520. The summed E-state index contributed by atoms with van der Waals surface area (Å²) in [7, 11) is 0. The van der Waals surface area contributed by atoms with Crippen molar-refractivity contribution in [1.29, 1.82) is 0 Å². The summed E-state index contributed by atoms with van der Waals surface area (Å²) in [5.41, 5.74) is 9.37. The van der Waals surface area contributed by atoms with Crippen LogP contribution in [0.15, 0.2) is 77.0 Å². The van der Waals surface area contributed by atoms with Gasteiger partial charge in [-0.3, -0.25) is 4.90 Å². The van der Waals surface area contributed by atoms with Gasteiger partial charge in [-0.05, 0) is 80.0 Å². The summed E-state index contributed by atoms with van der Waals surface area (Å²) in [6.45, 7) is 6.14. The minimum absolute atomic E-state index is 0.165. The lowest BCUT2D eigenvalue weighted by atomic mass is 9.93. The molecule has 6 heteroatoms. The van der Waals surface area contributed by atoms with Crippen LogP contribution in [0.3, 0.4) is 0 Å². The maximum Gasteiger partial charge on any atom is 0.326 e. The maximum atomic E-state index is 13.6. The van der Waals surface area contributed by atoms with Crippen molar-refractivity contribution in [3.63, 3.8) is 0 Å². The van der Waals surface area contributed by atoms with E-state index in [1.807, 2.05) is 44.2 Å². The number of aromatic nitrogens is 2. The van der Waals surface area contributed by atoms with Crippen molar-refractivity contribution in [2.75, 3.05) is 4.90 Å². The van der Waals surface area contributed by atoms with Gasteiger partial charge in [0.25, 0.3) is 5.89 Å². The molecule has 0 saturated heterocycles. The third-order valence-electron chi connectivity index (χ3n) is 7.48. The van der Waals surface area contributed by atoms with Gasteiger partial charge in [-0.2, -0.15) is 4.98 Å². The Kier molecular flexibility index (Phi) is 5.87. The van der Waals surface area contributed by atoms with E-state index in [9.17, 15) is 4.79 Å². The van der Waals surface area contributed by atoms with E-state index >= 15 is 0 Å². The number of benzene rings is 3. The molecule has 6 nitrogen and oxygen atoms in total. The number of hydrogen-bond donors (Lipinski definition) is 1. The Morgan fingerprint density at radius 3 is 2.59 bits per heavy atom. The van der Waals surface area contributed by atoms with Crippen LogP contribution in [-0.2, 0) is 19.3 Å². The first kappa shape index (κ1) is 23.2.